The van der Waals surface area contributed by atoms with E-state index in [2.05, 4.69) is 54.0 Å². The number of alkyl halides is 1. The van der Waals surface area contributed by atoms with E-state index in [0.29, 0.717) is 11.1 Å². The van der Waals surface area contributed by atoms with Gasteiger partial charge in [-0.1, -0.05) is 54.0 Å². The van der Waals surface area contributed by atoms with E-state index in [1.165, 1.54) is 11.1 Å². The highest BCUT2D eigenvalue weighted by atomic mass is 79.9. The quantitative estimate of drug-likeness (QED) is 0.678. The molecule has 1 aromatic heterocycles. The highest BCUT2D eigenvalue weighted by Gasteiger charge is 2.14. The molecular weight excluding hydrogens is 300 g/mol. The Hall–Kier alpha value is -0.730. The zero-order chi connectivity index (χ0) is 12.4. The third kappa shape index (κ3) is 2.93. The molecule has 1 atom stereocenters. The number of furan rings is 1. The summed E-state index contributed by atoms with van der Waals surface area (Å²) in [5, 5.41) is 0.420. The van der Waals surface area contributed by atoms with Crippen LogP contribution in [0.5, 0.6) is 0 Å². The summed E-state index contributed by atoms with van der Waals surface area (Å²) >= 11 is 9.39. The minimum Gasteiger partial charge on any atom is -0.448 e. The third-order valence-corrected chi connectivity index (χ3v) is 3.92. The number of benzene rings is 1. The second-order valence-corrected chi connectivity index (χ2v) is 5.61. The predicted octanol–water partition coefficient (Wildman–Crippen LogP) is 5.54. The molecular formula is C14H14BrClO. The SMILES string of the molecule is CC(C)c1ccc(C(Br)c2ccc(Cl)o2)cc1. The van der Waals surface area contributed by atoms with Gasteiger partial charge in [0.1, 0.15) is 5.76 Å². The predicted molar refractivity (Wildman–Crippen MR) is 75.0 cm³/mol. The van der Waals surface area contributed by atoms with Crippen LogP contribution in [0.3, 0.4) is 0 Å². The van der Waals surface area contributed by atoms with Crippen molar-refractivity contribution in [2.24, 2.45) is 0 Å². The van der Waals surface area contributed by atoms with Gasteiger partial charge in [0, 0.05) is 0 Å². The molecule has 0 aliphatic carbocycles. The maximum atomic E-state index is 5.77. The Balaban J connectivity index is 2.22. The van der Waals surface area contributed by atoms with Gasteiger partial charge in [-0.3, -0.25) is 0 Å². The zero-order valence-corrected chi connectivity index (χ0v) is 12.1. The zero-order valence-electron chi connectivity index (χ0n) is 9.78. The fourth-order valence-corrected chi connectivity index (χ4v) is 2.38. The van der Waals surface area contributed by atoms with Crippen LogP contribution in [-0.4, -0.2) is 0 Å². The summed E-state index contributed by atoms with van der Waals surface area (Å²) in [6, 6.07) is 12.2. The fourth-order valence-electron chi connectivity index (χ4n) is 1.68. The van der Waals surface area contributed by atoms with Crippen LogP contribution in [0, 0.1) is 0 Å². The molecule has 17 heavy (non-hydrogen) atoms. The summed E-state index contributed by atoms with van der Waals surface area (Å²) in [7, 11) is 0. The van der Waals surface area contributed by atoms with Crippen molar-refractivity contribution >= 4 is 27.5 Å². The minimum absolute atomic E-state index is 0.0520. The van der Waals surface area contributed by atoms with E-state index in [9.17, 15) is 0 Å². The molecule has 0 amide bonds. The maximum absolute atomic E-state index is 5.77. The van der Waals surface area contributed by atoms with Gasteiger partial charge in [0.05, 0.1) is 4.83 Å². The molecule has 0 saturated heterocycles. The summed E-state index contributed by atoms with van der Waals surface area (Å²) in [6.45, 7) is 4.37. The van der Waals surface area contributed by atoms with Crippen LogP contribution in [0.4, 0.5) is 0 Å². The standard InChI is InChI=1S/C14H14BrClO/c1-9(2)10-3-5-11(6-4-10)14(15)12-7-8-13(16)17-12/h3-9,14H,1-2H3. The Kier molecular flexibility index (Phi) is 3.95. The monoisotopic (exact) mass is 312 g/mol. The normalized spacial score (nSPS) is 13.0. The van der Waals surface area contributed by atoms with Gasteiger partial charge in [-0.15, -0.1) is 0 Å². The van der Waals surface area contributed by atoms with Gasteiger partial charge < -0.3 is 4.42 Å². The van der Waals surface area contributed by atoms with E-state index in [-0.39, 0.29) is 4.83 Å². The number of hydrogen-bond acceptors (Lipinski definition) is 1. The minimum atomic E-state index is 0.0520. The Labute approximate surface area is 115 Å². The van der Waals surface area contributed by atoms with Crippen molar-refractivity contribution in [3.8, 4) is 0 Å². The first-order valence-corrected chi connectivity index (χ1v) is 6.86. The summed E-state index contributed by atoms with van der Waals surface area (Å²) < 4.78 is 5.40. The van der Waals surface area contributed by atoms with E-state index in [1.807, 2.05) is 6.07 Å². The molecule has 90 valence electrons. The molecule has 0 spiro atoms. The smallest absolute Gasteiger partial charge is 0.193 e. The van der Waals surface area contributed by atoms with Crippen molar-refractivity contribution in [3.63, 3.8) is 0 Å². The first kappa shape index (κ1) is 12.7. The molecule has 1 heterocycles. The van der Waals surface area contributed by atoms with Crippen LogP contribution >= 0.6 is 27.5 Å². The Morgan fingerprint density at radius 1 is 1.00 bits per heavy atom. The molecule has 0 saturated carbocycles. The van der Waals surface area contributed by atoms with Crippen molar-refractivity contribution in [2.45, 2.75) is 24.6 Å². The van der Waals surface area contributed by atoms with E-state index >= 15 is 0 Å². The molecule has 1 aromatic carbocycles. The van der Waals surface area contributed by atoms with Gasteiger partial charge in [0.25, 0.3) is 0 Å². The van der Waals surface area contributed by atoms with Crippen molar-refractivity contribution in [1.82, 2.24) is 0 Å². The van der Waals surface area contributed by atoms with Crippen LogP contribution in [-0.2, 0) is 0 Å². The number of hydrogen-bond donors (Lipinski definition) is 0. The summed E-state index contributed by atoms with van der Waals surface area (Å²) in [4.78, 5) is 0.0520. The molecule has 1 unspecified atom stereocenters. The van der Waals surface area contributed by atoms with Gasteiger partial charge in [0.2, 0.25) is 0 Å². The van der Waals surface area contributed by atoms with Gasteiger partial charge in [-0.05, 0) is 40.8 Å². The van der Waals surface area contributed by atoms with E-state index < -0.39 is 0 Å². The maximum Gasteiger partial charge on any atom is 0.193 e. The summed E-state index contributed by atoms with van der Waals surface area (Å²) in [5.74, 6) is 1.38. The van der Waals surface area contributed by atoms with Crippen molar-refractivity contribution in [1.29, 1.82) is 0 Å². The van der Waals surface area contributed by atoms with Crippen molar-refractivity contribution in [3.05, 3.63) is 58.5 Å². The third-order valence-electron chi connectivity index (χ3n) is 2.74. The first-order valence-electron chi connectivity index (χ1n) is 5.57. The highest BCUT2D eigenvalue weighted by Crippen LogP contribution is 2.33. The lowest BCUT2D eigenvalue weighted by Gasteiger charge is -2.10. The molecule has 0 fully saturated rings. The molecule has 1 nitrogen and oxygen atoms in total. The first-order chi connectivity index (χ1) is 8.08. The second kappa shape index (κ2) is 5.28. The van der Waals surface area contributed by atoms with Gasteiger partial charge in [-0.2, -0.15) is 0 Å². The van der Waals surface area contributed by atoms with Crippen molar-refractivity contribution in [2.75, 3.05) is 0 Å². The Morgan fingerprint density at radius 2 is 1.59 bits per heavy atom. The van der Waals surface area contributed by atoms with Crippen molar-refractivity contribution < 1.29 is 4.42 Å². The number of halogens is 2. The molecule has 2 rings (SSSR count). The number of rotatable bonds is 3. The largest absolute Gasteiger partial charge is 0.448 e. The van der Waals surface area contributed by atoms with Crippen LogP contribution in [0.15, 0.2) is 40.8 Å². The molecule has 2 aromatic rings. The van der Waals surface area contributed by atoms with E-state index in [0.717, 1.165) is 5.76 Å². The topological polar surface area (TPSA) is 13.1 Å². The average Bonchev–Trinajstić information content (AvgIpc) is 2.75. The lowest BCUT2D eigenvalue weighted by molar-refractivity contribution is 0.521. The Morgan fingerprint density at radius 3 is 2.06 bits per heavy atom. The second-order valence-electron chi connectivity index (χ2n) is 4.33. The molecule has 0 bridgehead atoms. The summed E-state index contributed by atoms with van der Waals surface area (Å²) in [6.07, 6.45) is 0. The summed E-state index contributed by atoms with van der Waals surface area (Å²) in [5.41, 5.74) is 2.51. The highest BCUT2D eigenvalue weighted by molar-refractivity contribution is 9.09. The van der Waals surface area contributed by atoms with E-state index in [4.69, 9.17) is 16.0 Å². The van der Waals surface area contributed by atoms with E-state index in [1.54, 1.807) is 6.07 Å². The van der Waals surface area contributed by atoms with Crippen LogP contribution in [0.1, 0.15) is 41.5 Å². The van der Waals surface area contributed by atoms with Crippen LogP contribution in [0.25, 0.3) is 0 Å². The van der Waals surface area contributed by atoms with Gasteiger partial charge >= 0.3 is 0 Å². The molecule has 0 N–H and O–H groups in total. The molecule has 0 aliphatic rings. The molecule has 0 aliphatic heterocycles. The molecule has 0 radical (unpaired) electrons. The van der Waals surface area contributed by atoms with Crippen LogP contribution < -0.4 is 0 Å². The lowest BCUT2D eigenvalue weighted by Crippen LogP contribution is -1.92. The van der Waals surface area contributed by atoms with Crippen LogP contribution in [0.2, 0.25) is 5.22 Å². The Bertz CT molecular complexity index is 487. The lowest BCUT2D eigenvalue weighted by atomic mass is 10.0. The average molecular weight is 314 g/mol. The molecule has 3 heteroatoms. The fraction of sp³-hybridized carbons (Fsp3) is 0.286. The van der Waals surface area contributed by atoms with Gasteiger partial charge in [-0.25, -0.2) is 0 Å². The van der Waals surface area contributed by atoms with Gasteiger partial charge in [0.15, 0.2) is 5.22 Å².